The Kier molecular flexibility index (Phi) is 25.5. The number of hydrogen-bond acceptors (Lipinski definition) is 4. The van der Waals surface area contributed by atoms with Crippen LogP contribution >= 0.6 is 0 Å². The summed E-state index contributed by atoms with van der Waals surface area (Å²) in [6.07, 6.45) is 25.3. The average molecular weight is 471 g/mol. The normalized spacial score (nSPS) is 13.2. The fourth-order valence-corrected chi connectivity index (χ4v) is 4.42. The monoisotopic (exact) mass is 470 g/mol. The zero-order valence-electron chi connectivity index (χ0n) is 22.6. The van der Waals surface area contributed by atoms with E-state index >= 15 is 0 Å². The summed E-state index contributed by atoms with van der Waals surface area (Å²) in [5.74, 6) is -0.114. The molecule has 0 aliphatic carbocycles. The van der Waals surface area contributed by atoms with Crippen molar-refractivity contribution in [1.29, 1.82) is 0 Å². The van der Waals surface area contributed by atoms with Crippen LogP contribution in [0.1, 0.15) is 155 Å². The lowest BCUT2D eigenvalue weighted by molar-refractivity contribution is -0.140. The summed E-state index contributed by atoms with van der Waals surface area (Å²) >= 11 is 0. The molecule has 4 heteroatoms. The lowest BCUT2D eigenvalue weighted by Gasteiger charge is -2.24. The molecule has 0 aromatic carbocycles. The highest BCUT2D eigenvalue weighted by Gasteiger charge is 2.19. The van der Waals surface area contributed by atoms with Gasteiger partial charge in [-0.1, -0.05) is 123 Å². The molecule has 0 saturated heterocycles. The second kappa shape index (κ2) is 26.0. The second-order valence-electron chi connectivity index (χ2n) is 9.89. The van der Waals surface area contributed by atoms with E-state index in [0.717, 1.165) is 64.4 Å². The third kappa shape index (κ3) is 22.9. The van der Waals surface area contributed by atoms with Crippen molar-refractivity contribution in [3.63, 3.8) is 0 Å². The minimum Gasteiger partial charge on any atom is -0.469 e. The molecule has 0 spiro atoms. The molecule has 2 unspecified atom stereocenters. The maximum absolute atomic E-state index is 11.2. The third-order valence-corrected chi connectivity index (χ3v) is 6.71. The number of hydrogen-bond donors (Lipinski definition) is 1. The topological polar surface area (TPSA) is 55.8 Å². The zero-order valence-corrected chi connectivity index (χ0v) is 22.6. The van der Waals surface area contributed by atoms with Crippen LogP contribution in [0.25, 0.3) is 0 Å². The fourth-order valence-electron chi connectivity index (χ4n) is 4.42. The SMILES string of the molecule is CCCCCCCCCCOC(CCCCCCCC)C(O)CCCCCCCC(=O)OC. The molecule has 0 rings (SSSR count). The van der Waals surface area contributed by atoms with Crippen molar-refractivity contribution >= 4 is 5.97 Å². The smallest absolute Gasteiger partial charge is 0.305 e. The van der Waals surface area contributed by atoms with Crippen molar-refractivity contribution < 1.29 is 19.4 Å². The molecule has 1 N–H and O–H groups in total. The van der Waals surface area contributed by atoms with Crippen molar-refractivity contribution in [3.05, 3.63) is 0 Å². The summed E-state index contributed by atoms with van der Waals surface area (Å²) in [6.45, 7) is 5.31. The van der Waals surface area contributed by atoms with Crippen molar-refractivity contribution in [3.8, 4) is 0 Å². The largest absolute Gasteiger partial charge is 0.469 e. The summed E-state index contributed by atoms with van der Waals surface area (Å²) in [7, 11) is 1.45. The Balaban J connectivity index is 4.04. The fraction of sp³-hybridized carbons (Fsp3) is 0.966. The van der Waals surface area contributed by atoms with E-state index in [4.69, 9.17) is 4.74 Å². The Morgan fingerprint density at radius 3 is 1.64 bits per heavy atom. The van der Waals surface area contributed by atoms with Gasteiger partial charge >= 0.3 is 5.97 Å². The van der Waals surface area contributed by atoms with Gasteiger partial charge in [0.2, 0.25) is 0 Å². The molecule has 0 aromatic rings. The second-order valence-corrected chi connectivity index (χ2v) is 9.89. The molecule has 0 aromatic heterocycles. The summed E-state index contributed by atoms with van der Waals surface area (Å²) in [4.78, 5) is 11.2. The third-order valence-electron chi connectivity index (χ3n) is 6.71. The predicted octanol–water partition coefficient (Wildman–Crippen LogP) is 8.53. The number of aliphatic hydroxyl groups excluding tert-OH is 1. The van der Waals surface area contributed by atoms with E-state index in [2.05, 4.69) is 18.6 Å². The van der Waals surface area contributed by atoms with Crippen LogP contribution in [-0.4, -0.2) is 37.0 Å². The van der Waals surface area contributed by atoms with Crippen LogP contribution in [0.3, 0.4) is 0 Å². The Morgan fingerprint density at radius 2 is 1.09 bits per heavy atom. The first-order valence-electron chi connectivity index (χ1n) is 14.5. The molecule has 33 heavy (non-hydrogen) atoms. The average Bonchev–Trinajstić information content (AvgIpc) is 2.82. The summed E-state index contributed by atoms with van der Waals surface area (Å²) in [5.41, 5.74) is 0. The van der Waals surface area contributed by atoms with E-state index in [1.54, 1.807) is 0 Å². The van der Waals surface area contributed by atoms with Crippen LogP contribution in [-0.2, 0) is 14.3 Å². The Morgan fingerprint density at radius 1 is 0.636 bits per heavy atom. The van der Waals surface area contributed by atoms with Gasteiger partial charge in [-0.25, -0.2) is 0 Å². The predicted molar refractivity (Wildman–Crippen MR) is 141 cm³/mol. The Hall–Kier alpha value is -0.610. The number of rotatable bonds is 26. The van der Waals surface area contributed by atoms with Gasteiger partial charge in [0.1, 0.15) is 0 Å². The van der Waals surface area contributed by atoms with Gasteiger partial charge in [0.25, 0.3) is 0 Å². The lowest BCUT2D eigenvalue weighted by Crippen LogP contribution is -2.29. The number of unbranched alkanes of at least 4 members (excludes halogenated alkanes) is 16. The standard InChI is InChI=1S/C29H58O4/c1-4-6-8-10-12-13-18-22-26-33-28(24-20-16-11-9-7-5-2)27(30)23-19-15-14-17-21-25-29(31)32-3/h27-28,30H,4-26H2,1-3H3. The summed E-state index contributed by atoms with van der Waals surface area (Å²) in [6, 6.07) is 0. The van der Waals surface area contributed by atoms with Crippen LogP contribution in [0.4, 0.5) is 0 Å². The van der Waals surface area contributed by atoms with Crippen molar-refractivity contribution in [2.24, 2.45) is 0 Å². The molecule has 0 saturated carbocycles. The highest BCUT2D eigenvalue weighted by atomic mass is 16.5. The van der Waals surface area contributed by atoms with Crippen LogP contribution in [0.2, 0.25) is 0 Å². The number of esters is 1. The molecule has 0 radical (unpaired) electrons. The molecule has 0 fully saturated rings. The highest BCUT2D eigenvalue weighted by Crippen LogP contribution is 2.18. The molecule has 0 aliphatic rings. The molecule has 0 amide bonds. The van der Waals surface area contributed by atoms with E-state index in [1.165, 1.54) is 84.2 Å². The molecule has 2 atom stereocenters. The maximum atomic E-state index is 11.2. The molecular weight excluding hydrogens is 412 g/mol. The van der Waals surface area contributed by atoms with Crippen molar-refractivity contribution in [2.45, 2.75) is 167 Å². The van der Waals surface area contributed by atoms with Gasteiger partial charge in [-0.15, -0.1) is 0 Å². The molecule has 198 valence electrons. The minimum atomic E-state index is -0.343. The van der Waals surface area contributed by atoms with E-state index in [-0.39, 0.29) is 18.2 Å². The minimum absolute atomic E-state index is 0.0000498. The van der Waals surface area contributed by atoms with E-state index in [0.29, 0.717) is 6.42 Å². The zero-order chi connectivity index (χ0) is 24.4. The van der Waals surface area contributed by atoms with Gasteiger partial charge in [0.15, 0.2) is 0 Å². The number of ether oxygens (including phenoxy) is 2. The van der Waals surface area contributed by atoms with Crippen LogP contribution in [0, 0.1) is 0 Å². The summed E-state index contributed by atoms with van der Waals surface area (Å²) in [5, 5.41) is 10.8. The Labute approximate surface area is 206 Å². The number of carbonyl (C=O) groups excluding carboxylic acids is 1. The first-order valence-corrected chi connectivity index (χ1v) is 14.5. The first kappa shape index (κ1) is 32.4. The van der Waals surface area contributed by atoms with Gasteiger partial charge in [-0.05, 0) is 25.7 Å². The number of aliphatic hydroxyl groups is 1. The van der Waals surface area contributed by atoms with Gasteiger partial charge < -0.3 is 14.6 Å². The number of methoxy groups -OCH3 is 1. The van der Waals surface area contributed by atoms with Gasteiger partial charge in [0.05, 0.1) is 19.3 Å². The van der Waals surface area contributed by atoms with Crippen molar-refractivity contribution in [1.82, 2.24) is 0 Å². The van der Waals surface area contributed by atoms with E-state index < -0.39 is 0 Å². The van der Waals surface area contributed by atoms with E-state index in [1.807, 2.05) is 0 Å². The highest BCUT2D eigenvalue weighted by molar-refractivity contribution is 5.68. The van der Waals surface area contributed by atoms with Crippen LogP contribution < -0.4 is 0 Å². The van der Waals surface area contributed by atoms with Crippen LogP contribution in [0.15, 0.2) is 0 Å². The summed E-state index contributed by atoms with van der Waals surface area (Å²) < 4.78 is 10.9. The maximum Gasteiger partial charge on any atom is 0.305 e. The molecular formula is C29H58O4. The molecule has 0 bridgehead atoms. The van der Waals surface area contributed by atoms with Gasteiger partial charge in [-0.2, -0.15) is 0 Å². The first-order chi connectivity index (χ1) is 16.2. The van der Waals surface area contributed by atoms with Crippen molar-refractivity contribution in [2.75, 3.05) is 13.7 Å². The van der Waals surface area contributed by atoms with E-state index in [9.17, 15) is 9.90 Å². The van der Waals surface area contributed by atoms with Gasteiger partial charge in [0, 0.05) is 13.0 Å². The quantitative estimate of drug-likeness (QED) is 0.102. The molecule has 0 heterocycles. The number of carbonyl (C=O) groups is 1. The lowest BCUT2D eigenvalue weighted by atomic mass is 9.99. The Bertz CT molecular complexity index is 399. The van der Waals surface area contributed by atoms with Gasteiger partial charge in [-0.3, -0.25) is 4.79 Å². The molecule has 0 aliphatic heterocycles. The molecule has 4 nitrogen and oxygen atoms in total. The van der Waals surface area contributed by atoms with Crippen LogP contribution in [0.5, 0.6) is 0 Å².